The first-order valence-electron chi connectivity index (χ1n) is 12.9. The monoisotopic (exact) mass is 472 g/mol. The van der Waals surface area contributed by atoms with E-state index in [0.717, 1.165) is 56.6 Å². The number of ether oxygens (including phenoxy) is 6. The molecule has 2 unspecified atom stereocenters. The Bertz CT molecular complexity index is 814. The smallest absolute Gasteiger partial charge is 0.306 e. The summed E-state index contributed by atoms with van der Waals surface area (Å²) >= 11 is 0. The predicted molar refractivity (Wildman–Crippen MR) is 124 cm³/mol. The zero-order valence-corrected chi connectivity index (χ0v) is 19.8. The molecule has 3 aliphatic heterocycles. The van der Waals surface area contributed by atoms with Gasteiger partial charge in [0.15, 0.2) is 12.6 Å². The Kier molecular flexibility index (Phi) is 8.04. The zero-order chi connectivity index (χ0) is 23.2. The van der Waals surface area contributed by atoms with Gasteiger partial charge in [-0.25, -0.2) is 0 Å². The molecule has 4 aliphatic rings. The number of fused-ring (bicyclic) bond motifs is 1. The van der Waals surface area contributed by atoms with E-state index in [4.69, 9.17) is 28.4 Å². The summed E-state index contributed by atoms with van der Waals surface area (Å²) < 4.78 is 36.3. The van der Waals surface area contributed by atoms with E-state index in [1.54, 1.807) is 0 Å². The van der Waals surface area contributed by atoms with E-state index >= 15 is 0 Å². The van der Waals surface area contributed by atoms with Crippen LogP contribution in [-0.4, -0.2) is 50.6 Å². The van der Waals surface area contributed by atoms with Crippen molar-refractivity contribution in [3.63, 3.8) is 0 Å². The molecule has 1 saturated carbocycles. The largest absolute Gasteiger partial charge is 0.493 e. The fourth-order valence-corrected chi connectivity index (χ4v) is 5.52. The van der Waals surface area contributed by atoms with Crippen LogP contribution >= 0.6 is 0 Å². The van der Waals surface area contributed by atoms with E-state index in [1.807, 2.05) is 30.3 Å². The van der Waals surface area contributed by atoms with Gasteiger partial charge in [-0.1, -0.05) is 18.2 Å². The lowest BCUT2D eigenvalue weighted by Crippen LogP contribution is -2.34. The molecule has 0 N–H and O–H groups in total. The van der Waals surface area contributed by atoms with Gasteiger partial charge in [-0.15, -0.1) is 0 Å². The fourth-order valence-electron chi connectivity index (χ4n) is 5.52. The molecular formula is C27H36O7. The molecule has 0 bridgehead atoms. The van der Waals surface area contributed by atoms with Crippen LogP contribution in [0.2, 0.25) is 0 Å². The molecule has 4 fully saturated rings. The Morgan fingerprint density at radius 2 is 1.76 bits per heavy atom. The molecule has 3 saturated heterocycles. The maximum atomic E-state index is 12.1. The highest BCUT2D eigenvalue weighted by Gasteiger charge is 2.53. The van der Waals surface area contributed by atoms with E-state index < -0.39 is 0 Å². The Morgan fingerprint density at radius 1 is 1.00 bits per heavy atom. The second-order valence-electron chi connectivity index (χ2n) is 9.60. The first kappa shape index (κ1) is 23.6. The molecule has 5 rings (SSSR count). The van der Waals surface area contributed by atoms with Crippen LogP contribution in [0.5, 0.6) is 5.75 Å². The topological polar surface area (TPSA) is 72.5 Å². The van der Waals surface area contributed by atoms with Crippen LogP contribution in [0, 0.1) is 11.8 Å². The summed E-state index contributed by atoms with van der Waals surface area (Å²) in [6.45, 7) is 1.98. The SMILES string of the molecule is O=C1C[C@H]2[C@H](/C(=C\CCOc3ccccc3)OC3CCCCO3)[C@H](OC3CCCCO3)C[C@H]2O1. The van der Waals surface area contributed by atoms with Gasteiger partial charge in [0.1, 0.15) is 17.6 Å². The van der Waals surface area contributed by atoms with E-state index in [9.17, 15) is 4.79 Å². The molecule has 1 aromatic carbocycles. The number of rotatable bonds is 9. The van der Waals surface area contributed by atoms with Gasteiger partial charge >= 0.3 is 5.97 Å². The Balaban J connectivity index is 1.32. The van der Waals surface area contributed by atoms with Crippen LogP contribution in [0.15, 0.2) is 42.2 Å². The van der Waals surface area contributed by atoms with Crippen molar-refractivity contribution < 1.29 is 33.2 Å². The van der Waals surface area contributed by atoms with Crippen molar-refractivity contribution >= 4 is 5.97 Å². The standard InChI is InChI=1S/C27H36O7/c28-24-17-20-22(32-24)18-23(34-26-13-5-7-15-31-26)27(20)21(33-25-12-4-6-14-30-25)11-8-16-29-19-9-2-1-3-10-19/h1-3,9-11,20,22-23,25-27H,4-8,12-18H2/b21-11+/t20-,22-,23-,25?,26?,27-/m1/s1. The molecule has 1 aromatic rings. The van der Waals surface area contributed by atoms with E-state index in [-0.39, 0.29) is 42.6 Å². The number of carbonyl (C=O) groups excluding carboxylic acids is 1. The Hall–Kier alpha value is -2.09. The normalized spacial score (nSPS) is 33.9. The van der Waals surface area contributed by atoms with Crippen LogP contribution in [0.25, 0.3) is 0 Å². The van der Waals surface area contributed by atoms with Gasteiger partial charge in [-0.3, -0.25) is 4.79 Å². The van der Waals surface area contributed by atoms with Crippen LogP contribution in [0.3, 0.4) is 0 Å². The van der Waals surface area contributed by atoms with Gasteiger partial charge in [0.25, 0.3) is 0 Å². The van der Waals surface area contributed by atoms with Gasteiger partial charge in [0.2, 0.25) is 0 Å². The third-order valence-corrected chi connectivity index (χ3v) is 7.16. The number of benzene rings is 1. The molecular weight excluding hydrogens is 436 g/mol. The minimum atomic E-state index is -0.265. The van der Waals surface area contributed by atoms with Crippen molar-refractivity contribution in [2.45, 2.75) is 82.6 Å². The van der Waals surface area contributed by atoms with Crippen molar-refractivity contribution in [2.75, 3.05) is 19.8 Å². The predicted octanol–water partition coefficient (Wildman–Crippen LogP) is 4.75. The quantitative estimate of drug-likeness (QED) is 0.292. The second kappa shape index (κ2) is 11.6. The minimum absolute atomic E-state index is 0.0472. The summed E-state index contributed by atoms with van der Waals surface area (Å²) in [5.41, 5.74) is 0. The molecule has 186 valence electrons. The lowest BCUT2D eigenvalue weighted by molar-refractivity contribution is -0.201. The van der Waals surface area contributed by atoms with Crippen LogP contribution in [0.1, 0.15) is 57.8 Å². The number of hydrogen-bond acceptors (Lipinski definition) is 7. The Labute approximate surface area is 201 Å². The summed E-state index contributed by atoms with van der Waals surface area (Å²) in [5.74, 6) is 1.54. The van der Waals surface area contributed by atoms with Crippen molar-refractivity contribution in [1.29, 1.82) is 0 Å². The highest BCUT2D eigenvalue weighted by molar-refractivity contribution is 5.72. The van der Waals surface area contributed by atoms with Gasteiger partial charge in [-0.05, 0) is 50.3 Å². The number of para-hydroxylation sites is 1. The minimum Gasteiger partial charge on any atom is -0.493 e. The average Bonchev–Trinajstić information content (AvgIpc) is 3.38. The van der Waals surface area contributed by atoms with Crippen LogP contribution < -0.4 is 4.74 Å². The molecule has 3 heterocycles. The highest BCUT2D eigenvalue weighted by Crippen LogP contribution is 2.47. The van der Waals surface area contributed by atoms with Gasteiger partial charge in [-0.2, -0.15) is 0 Å². The van der Waals surface area contributed by atoms with Gasteiger partial charge in [0.05, 0.1) is 25.7 Å². The lowest BCUT2D eigenvalue weighted by atomic mass is 9.89. The molecule has 7 nitrogen and oxygen atoms in total. The first-order chi connectivity index (χ1) is 16.8. The number of hydrogen-bond donors (Lipinski definition) is 0. The first-order valence-corrected chi connectivity index (χ1v) is 12.9. The second-order valence-corrected chi connectivity index (χ2v) is 9.60. The molecule has 34 heavy (non-hydrogen) atoms. The molecule has 0 radical (unpaired) electrons. The van der Waals surface area contributed by atoms with E-state index in [1.165, 1.54) is 0 Å². The Morgan fingerprint density at radius 3 is 2.50 bits per heavy atom. The van der Waals surface area contributed by atoms with Gasteiger partial charge in [0, 0.05) is 37.7 Å². The third-order valence-electron chi connectivity index (χ3n) is 7.16. The van der Waals surface area contributed by atoms with E-state index in [2.05, 4.69) is 6.08 Å². The molecule has 6 atom stereocenters. The zero-order valence-electron chi connectivity index (χ0n) is 19.8. The molecule has 0 spiro atoms. The van der Waals surface area contributed by atoms with Crippen molar-refractivity contribution in [3.05, 3.63) is 42.2 Å². The maximum Gasteiger partial charge on any atom is 0.306 e. The van der Waals surface area contributed by atoms with Crippen molar-refractivity contribution in [2.24, 2.45) is 11.8 Å². The summed E-state index contributed by atoms with van der Waals surface area (Å²) in [7, 11) is 0. The maximum absolute atomic E-state index is 12.1. The average molecular weight is 473 g/mol. The van der Waals surface area contributed by atoms with E-state index in [0.29, 0.717) is 32.5 Å². The molecule has 7 heteroatoms. The highest BCUT2D eigenvalue weighted by atomic mass is 16.7. The molecule has 0 amide bonds. The van der Waals surface area contributed by atoms with Crippen LogP contribution in [0.4, 0.5) is 0 Å². The van der Waals surface area contributed by atoms with Crippen LogP contribution in [-0.2, 0) is 28.5 Å². The summed E-state index contributed by atoms with van der Waals surface area (Å²) in [6.07, 6.45) is 9.24. The van der Waals surface area contributed by atoms with Crippen molar-refractivity contribution in [1.82, 2.24) is 0 Å². The third kappa shape index (κ3) is 5.93. The fraction of sp³-hybridized carbons (Fsp3) is 0.667. The molecule has 1 aliphatic carbocycles. The summed E-state index contributed by atoms with van der Waals surface area (Å²) in [6, 6.07) is 9.80. The summed E-state index contributed by atoms with van der Waals surface area (Å²) in [5, 5.41) is 0. The van der Waals surface area contributed by atoms with Crippen molar-refractivity contribution in [3.8, 4) is 5.75 Å². The lowest BCUT2D eigenvalue weighted by Gasteiger charge is -2.33. The number of esters is 1. The summed E-state index contributed by atoms with van der Waals surface area (Å²) in [4.78, 5) is 12.1. The van der Waals surface area contributed by atoms with Gasteiger partial charge < -0.3 is 28.4 Å². The molecule has 0 aromatic heterocycles. The number of carbonyl (C=O) groups is 1.